The maximum Gasteiger partial charge on any atom is 0.261 e. The van der Waals surface area contributed by atoms with Crippen molar-refractivity contribution in [2.45, 2.75) is 57.5 Å². The van der Waals surface area contributed by atoms with Gasteiger partial charge < -0.3 is 15.5 Å². The second-order valence-electron chi connectivity index (χ2n) is 6.59. The summed E-state index contributed by atoms with van der Waals surface area (Å²) in [5.74, 6) is -0.315. The van der Waals surface area contributed by atoms with Crippen LogP contribution in [-0.4, -0.2) is 48.9 Å². The predicted octanol–water partition coefficient (Wildman–Crippen LogP) is 2.64. The van der Waals surface area contributed by atoms with E-state index in [2.05, 4.69) is 22.6 Å². The number of carbonyl (C=O) groups is 2. The lowest BCUT2D eigenvalue weighted by Crippen LogP contribution is -2.45. The third-order valence-corrected chi connectivity index (χ3v) is 5.54. The number of rotatable bonds is 8. The zero-order valence-corrected chi connectivity index (χ0v) is 15.5. The average molecular weight is 352 g/mol. The van der Waals surface area contributed by atoms with Gasteiger partial charge in [-0.05, 0) is 51.2 Å². The number of nitrogens with one attached hydrogen (secondary N) is 2. The standard InChI is InChI=1S/C18H29N3O2S/c1-14(20-18(23)16-10-6-13-24-16)17(22)19-11-7-12-21(2)15-8-4-3-5-9-15/h6,10,13-15H,3-5,7-9,11-12H2,1-2H3,(H,19,22)(H,20,23). The number of thiophene rings is 1. The Hall–Kier alpha value is -1.40. The minimum Gasteiger partial charge on any atom is -0.354 e. The van der Waals surface area contributed by atoms with Gasteiger partial charge in [0.25, 0.3) is 5.91 Å². The topological polar surface area (TPSA) is 61.4 Å². The zero-order valence-electron chi connectivity index (χ0n) is 14.7. The quantitative estimate of drug-likeness (QED) is 0.708. The van der Waals surface area contributed by atoms with Crippen LogP contribution in [0, 0.1) is 0 Å². The van der Waals surface area contributed by atoms with Gasteiger partial charge in [0, 0.05) is 12.6 Å². The maximum atomic E-state index is 12.1. The van der Waals surface area contributed by atoms with Crippen LogP contribution in [0.15, 0.2) is 17.5 Å². The summed E-state index contributed by atoms with van der Waals surface area (Å²) in [5.41, 5.74) is 0. The highest BCUT2D eigenvalue weighted by atomic mass is 32.1. The second-order valence-corrected chi connectivity index (χ2v) is 7.54. The first-order chi connectivity index (χ1) is 11.6. The van der Waals surface area contributed by atoms with E-state index in [1.165, 1.54) is 43.4 Å². The molecule has 1 aliphatic rings. The maximum absolute atomic E-state index is 12.1. The van der Waals surface area contributed by atoms with Crippen molar-refractivity contribution in [1.82, 2.24) is 15.5 Å². The highest BCUT2D eigenvalue weighted by Gasteiger charge is 2.18. The van der Waals surface area contributed by atoms with E-state index >= 15 is 0 Å². The smallest absolute Gasteiger partial charge is 0.261 e. The Morgan fingerprint density at radius 1 is 1.33 bits per heavy atom. The molecule has 0 aromatic carbocycles. The zero-order chi connectivity index (χ0) is 17.4. The summed E-state index contributed by atoms with van der Waals surface area (Å²) in [4.78, 5) is 27.0. The average Bonchev–Trinajstić information content (AvgIpc) is 3.13. The second kappa shape index (κ2) is 9.79. The molecule has 1 saturated carbocycles. The molecule has 134 valence electrons. The Bertz CT molecular complexity index is 512. The van der Waals surface area contributed by atoms with Crippen molar-refractivity contribution >= 4 is 23.2 Å². The SMILES string of the molecule is CC(NC(=O)c1cccs1)C(=O)NCCCN(C)C1CCCCC1. The molecule has 6 heteroatoms. The van der Waals surface area contributed by atoms with Gasteiger partial charge in [-0.2, -0.15) is 0 Å². The molecule has 2 rings (SSSR count). The van der Waals surface area contributed by atoms with E-state index in [0.29, 0.717) is 17.5 Å². The lowest BCUT2D eigenvalue weighted by atomic mass is 9.94. The minimum atomic E-state index is -0.518. The molecule has 1 aromatic rings. The predicted molar refractivity (Wildman–Crippen MR) is 98.4 cm³/mol. The van der Waals surface area contributed by atoms with Crippen molar-refractivity contribution in [2.75, 3.05) is 20.1 Å². The van der Waals surface area contributed by atoms with E-state index < -0.39 is 6.04 Å². The summed E-state index contributed by atoms with van der Waals surface area (Å²) in [6.07, 6.45) is 7.59. The molecule has 0 radical (unpaired) electrons. The molecule has 2 N–H and O–H groups in total. The molecule has 0 aliphatic heterocycles. The number of carbonyl (C=O) groups excluding carboxylic acids is 2. The van der Waals surface area contributed by atoms with E-state index in [-0.39, 0.29) is 11.8 Å². The van der Waals surface area contributed by atoms with Crippen LogP contribution in [-0.2, 0) is 4.79 Å². The van der Waals surface area contributed by atoms with Crippen LogP contribution >= 0.6 is 11.3 Å². The van der Waals surface area contributed by atoms with Crippen molar-refractivity contribution in [3.8, 4) is 0 Å². The summed E-state index contributed by atoms with van der Waals surface area (Å²) in [7, 11) is 2.18. The van der Waals surface area contributed by atoms with Gasteiger partial charge in [0.1, 0.15) is 6.04 Å². The fourth-order valence-electron chi connectivity index (χ4n) is 3.14. The Labute approximate surface area is 148 Å². The molecule has 0 saturated heterocycles. The van der Waals surface area contributed by atoms with Gasteiger partial charge in [-0.15, -0.1) is 11.3 Å². The van der Waals surface area contributed by atoms with Crippen molar-refractivity contribution in [1.29, 1.82) is 0 Å². The van der Waals surface area contributed by atoms with Crippen molar-refractivity contribution in [2.24, 2.45) is 0 Å². The molecular formula is C18H29N3O2S. The van der Waals surface area contributed by atoms with E-state index in [1.54, 1.807) is 13.0 Å². The number of amides is 2. The molecule has 5 nitrogen and oxygen atoms in total. The van der Waals surface area contributed by atoms with Crippen LogP contribution in [0.3, 0.4) is 0 Å². The molecule has 24 heavy (non-hydrogen) atoms. The first-order valence-corrected chi connectivity index (χ1v) is 9.78. The van der Waals surface area contributed by atoms with Crippen LogP contribution < -0.4 is 10.6 Å². The highest BCUT2D eigenvalue weighted by molar-refractivity contribution is 7.12. The Morgan fingerprint density at radius 2 is 2.08 bits per heavy atom. The summed E-state index contributed by atoms with van der Waals surface area (Å²) in [6, 6.07) is 3.77. The third-order valence-electron chi connectivity index (χ3n) is 4.67. The number of hydrogen-bond donors (Lipinski definition) is 2. The summed E-state index contributed by atoms with van der Waals surface area (Å²) >= 11 is 1.37. The van der Waals surface area contributed by atoms with E-state index in [4.69, 9.17) is 0 Å². The first-order valence-electron chi connectivity index (χ1n) is 8.90. The van der Waals surface area contributed by atoms with Crippen LogP contribution in [0.1, 0.15) is 55.1 Å². The van der Waals surface area contributed by atoms with Crippen molar-refractivity contribution < 1.29 is 9.59 Å². The van der Waals surface area contributed by atoms with E-state index in [9.17, 15) is 9.59 Å². The molecule has 1 fully saturated rings. The van der Waals surface area contributed by atoms with Crippen LogP contribution in [0.25, 0.3) is 0 Å². The summed E-state index contributed by atoms with van der Waals surface area (Å²) in [6.45, 7) is 3.37. The van der Waals surface area contributed by atoms with E-state index in [0.717, 1.165) is 13.0 Å². The molecule has 1 heterocycles. The fraction of sp³-hybridized carbons (Fsp3) is 0.667. The molecular weight excluding hydrogens is 322 g/mol. The van der Waals surface area contributed by atoms with Gasteiger partial charge in [0.05, 0.1) is 4.88 Å². The van der Waals surface area contributed by atoms with Crippen molar-refractivity contribution in [3.05, 3.63) is 22.4 Å². The van der Waals surface area contributed by atoms with Gasteiger partial charge in [-0.3, -0.25) is 9.59 Å². The van der Waals surface area contributed by atoms with Gasteiger partial charge in [0.2, 0.25) is 5.91 Å². The lowest BCUT2D eigenvalue weighted by Gasteiger charge is -2.31. The van der Waals surface area contributed by atoms with Gasteiger partial charge in [-0.25, -0.2) is 0 Å². The molecule has 0 spiro atoms. The van der Waals surface area contributed by atoms with Gasteiger partial charge in [-0.1, -0.05) is 25.3 Å². The third kappa shape index (κ3) is 5.91. The minimum absolute atomic E-state index is 0.125. The monoisotopic (exact) mass is 351 g/mol. The molecule has 2 amide bonds. The van der Waals surface area contributed by atoms with Crippen LogP contribution in [0.5, 0.6) is 0 Å². The van der Waals surface area contributed by atoms with Gasteiger partial charge in [0.15, 0.2) is 0 Å². The fourth-order valence-corrected chi connectivity index (χ4v) is 3.77. The van der Waals surface area contributed by atoms with Crippen LogP contribution in [0.2, 0.25) is 0 Å². The Balaban J connectivity index is 1.60. The summed E-state index contributed by atoms with van der Waals surface area (Å²) in [5, 5.41) is 7.50. The Morgan fingerprint density at radius 3 is 2.75 bits per heavy atom. The molecule has 1 atom stereocenters. The Kier molecular flexibility index (Phi) is 7.72. The number of nitrogens with zero attached hydrogens (tertiary/aromatic N) is 1. The first kappa shape index (κ1) is 18.9. The lowest BCUT2D eigenvalue weighted by molar-refractivity contribution is -0.122. The molecule has 0 bridgehead atoms. The largest absolute Gasteiger partial charge is 0.354 e. The molecule has 1 aromatic heterocycles. The number of hydrogen-bond acceptors (Lipinski definition) is 4. The molecule has 1 unspecified atom stereocenters. The molecule has 1 aliphatic carbocycles. The van der Waals surface area contributed by atoms with Crippen LogP contribution in [0.4, 0.5) is 0 Å². The highest BCUT2D eigenvalue weighted by Crippen LogP contribution is 2.21. The van der Waals surface area contributed by atoms with Crippen molar-refractivity contribution in [3.63, 3.8) is 0 Å². The summed E-state index contributed by atoms with van der Waals surface area (Å²) < 4.78 is 0. The van der Waals surface area contributed by atoms with E-state index in [1.807, 2.05) is 11.4 Å². The normalized spacial score (nSPS) is 16.8. The van der Waals surface area contributed by atoms with Gasteiger partial charge >= 0.3 is 0 Å².